The number of fused-ring (bicyclic) bond motifs is 1. The number of nitrogens with zero attached hydrogens (tertiary/aromatic N) is 1. The Hall–Kier alpha value is -3.46. The van der Waals surface area contributed by atoms with Gasteiger partial charge in [-0.05, 0) is 24.3 Å². The molecule has 2 N–H and O–H groups in total. The molecule has 8 nitrogen and oxygen atoms in total. The fourth-order valence-corrected chi connectivity index (χ4v) is 3.22. The number of nitrogens with one attached hydrogen (secondary N) is 2. The summed E-state index contributed by atoms with van der Waals surface area (Å²) in [6.07, 6.45) is 4.12. The second kappa shape index (κ2) is 7.42. The first-order valence-electron chi connectivity index (χ1n) is 9.25. The lowest BCUT2D eigenvalue weighted by Gasteiger charge is -2.19. The summed E-state index contributed by atoms with van der Waals surface area (Å²) < 4.78 is 30.0. The molecule has 0 saturated heterocycles. The van der Waals surface area contributed by atoms with Gasteiger partial charge in [-0.25, -0.2) is 9.37 Å². The minimum absolute atomic E-state index is 0.0219. The Kier molecular flexibility index (Phi) is 4.90. The van der Waals surface area contributed by atoms with E-state index < -0.39 is 16.9 Å². The third-order valence-electron chi connectivity index (χ3n) is 4.55. The van der Waals surface area contributed by atoms with Crippen molar-refractivity contribution < 1.29 is 18.3 Å². The molecule has 1 aliphatic rings. The number of H-pyrrole nitrogens is 2. The molecule has 0 amide bonds. The van der Waals surface area contributed by atoms with Gasteiger partial charge in [-0.15, -0.1) is 0 Å². The highest BCUT2D eigenvalue weighted by molar-refractivity contribution is 5.59. The highest BCUT2D eigenvalue weighted by Gasteiger charge is 2.22. The lowest BCUT2D eigenvalue weighted by molar-refractivity contribution is -0.0167. The van der Waals surface area contributed by atoms with Crippen LogP contribution in [0.15, 0.2) is 32.5 Å². The standard InChI is InChI=1S/C21H20FN3O5/c1-21(2,3)18-14(23-9-29-18)7-16-20(27)24-15(19(26)25-16)6-11-4-13(22)5-12-8-28-10-30-17(11)12/h4-7,9H,8,10H2,1-3H3,(H,24,27)(H,25,26). The summed E-state index contributed by atoms with van der Waals surface area (Å²) in [7, 11) is 0. The van der Waals surface area contributed by atoms with E-state index in [1.807, 2.05) is 20.8 Å². The van der Waals surface area contributed by atoms with E-state index >= 15 is 0 Å². The van der Waals surface area contributed by atoms with Crippen LogP contribution in [0.1, 0.15) is 43.4 Å². The van der Waals surface area contributed by atoms with Crippen molar-refractivity contribution in [3.05, 3.63) is 78.3 Å². The van der Waals surface area contributed by atoms with Crippen molar-refractivity contribution >= 4 is 12.2 Å². The van der Waals surface area contributed by atoms with Crippen molar-refractivity contribution in [2.45, 2.75) is 32.8 Å². The normalized spacial score (nSPS) is 15.2. The van der Waals surface area contributed by atoms with Gasteiger partial charge in [-0.2, -0.15) is 0 Å². The van der Waals surface area contributed by atoms with Gasteiger partial charge in [0.25, 0.3) is 11.1 Å². The van der Waals surface area contributed by atoms with Crippen LogP contribution in [0.4, 0.5) is 4.39 Å². The quantitative estimate of drug-likeness (QED) is 0.649. The molecule has 9 heteroatoms. The molecular formula is C21H20FN3O5. The summed E-state index contributed by atoms with van der Waals surface area (Å²) in [5.74, 6) is 0.499. The molecule has 0 unspecified atom stereocenters. The molecule has 1 aliphatic heterocycles. The van der Waals surface area contributed by atoms with Crippen LogP contribution in [-0.2, 0) is 16.8 Å². The number of hydrogen-bond donors (Lipinski definition) is 2. The van der Waals surface area contributed by atoms with Crippen molar-refractivity contribution in [2.24, 2.45) is 0 Å². The SMILES string of the molecule is CC(C)(C)c1ocnc1C=c1[nH]c(=O)c(=Cc2cc(F)cc3c2OCOC3)[nH]c1=O. The van der Waals surface area contributed by atoms with E-state index in [4.69, 9.17) is 13.9 Å². The number of aromatic amines is 2. The van der Waals surface area contributed by atoms with Crippen molar-refractivity contribution in [3.63, 3.8) is 0 Å². The zero-order chi connectivity index (χ0) is 21.5. The minimum atomic E-state index is -0.549. The summed E-state index contributed by atoms with van der Waals surface area (Å²) in [6, 6.07) is 2.54. The van der Waals surface area contributed by atoms with E-state index in [0.717, 1.165) is 0 Å². The monoisotopic (exact) mass is 413 g/mol. The Labute approximate surface area is 169 Å². The van der Waals surface area contributed by atoms with Gasteiger partial charge in [-0.1, -0.05) is 20.8 Å². The first-order chi connectivity index (χ1) is 14.2. The van der Waals surface area contributed by atoms with Crippen LogP contribution in [0, 0.1) is 5.82 Å². The van der Waals surface area contributed by atoms with Crippen molar-refractivity contribution in [1.29, 1.82) is 0 Å². The predicted molar refractivity (Wildman–Crippen MR) is 106 cm³/mol. The number of hydrogen-bond acceptors (Lipinski definition) is 6. The Balaban J connectivity index is 1.85. The van der Waals surface area contributed by atoms with Gasteiger partial charge in [0.2, 0.25) is 0 Å². The van der Waals surface area contributed by atoms with Crippen molar-refractivity contribution in [2.75, 3.05) is 6.79 Å². The lowest BCUT2D eigenvalue weighted by Crippen LogP contribution is -2.46. The summed E-state index contributed by atoms with van der Waals surface area (Å²) in [5.41, 5.74) is -0.101. The molecule has 2 aromatic heterocycles. The Morgan fingerprint density at radius 2 is 1.80 bits per heavy atom. The zero-order valence-electron chi connectivity index (χ0n) is 16.7. The Morgan fingerprint density at radius 3 is 2.50 bits per heavy atom. The van der Waals surface area contributed by atoms with Crippen molar-refractivity contribution in [1.82, 2.24) is 15.0 Å². The fourth-order valence-electron chi connectivity index (χ4n) is 3.22. The summed E-state index contributed by atoms with van der Waals surface area (Å²) in [6.45, 7) is 6.06. The molecule has 30 heavy (non-hydrogen) atoms. The second-order valence-electron chi connectivity index (χ2n) is 7.93. The molecule has 0 atom stereocenters. The summed E-state index contributed by atoms with van der Waals surface area (Å²) in [4.78, 5) is 34.4. The summed E-state index contributed by atoms with van der Waals surface area (Å²) in [5, 5.41) is -0.00119. The molecule has 0 spiro atoms. The van der Waals surface area contributed by atoms with E-state index in [0.29, 0.717) is 28.3 Å². The average Bonchev–Trinajstić information content (AvgIpc) is 3.14. The number of halogens is 1. The molecule has 0 fully saturated rings. The van der Waals surface area contributed by atoms with E-state index in [2.05, 4.69) is 15.0 Å². The maximum absolute atomic E-state index is 13.9. The number of benzene rings is 1. The van der Waals surface area contributed by atoms with Crippen LogP contribution in [0.5, 0.6) is 5.75 Å². The van der Waals surface area contributed by atoms with E-state index in [1.165, 1.54) is 30.7 Å². The lowest BCUT2D eigenvalue weighted by atomic mass is 9.92. The highest BCUT2D eigenvalue weighted by Crippen LogP contribution is 2.29. The van der Waals surface area contributed by atoms with Crippen LogP contribution < -0.4 is 26.6 Å². The number of aromatic nitrogens is 3. The molecule has 0 saturated carbocycles. The van der Waals surface area contributed by atoms with Gasteiger partial charge in [0, 0.05) is 16.5 Å². The van der Waals surface area contributed by atoms with Gasteiger partial charge in [-0.3, -0.25) is 9.59 Å². The van der Waals surface area contributed by atoms with Gasteiger partial charge in [0.15, 0.2) is 13.2 Å². The maximum Gasteiger partial charge on any atom is 0.272 e. The van der Waals surface area contributed by atoms with Gasteiger partial charge in [0.1, 0.15) is 33.7 Å². The van der Waals surface area contributed by atoms with Crippen LogP contribution >= 0.6 is 0 Å². The largest absolute Gasteiger partial charge is 0.467 e. The molecule has 1 aromatic carbocycles. The highest BCUT2D eigenvalue weighted by atomic mass is 19.1. The predicted octanol–water partition coefficient (Wildman–Crippen LogP) is 1.01. The molecule has 0 bridgehead atoms. The van der Waals surface area contributed by atoms with Crippen molar-refractivity contribution in [3.8, 4) is 5.75 Å². The first kappa shape index (κ1) is 19.8. The smallest absolute Gasteiger partial charge is 0.272 e. The molecular weight excluding hydrogens is 393 g/mol. The van der Waals surface area contributed by atoms with Crippen LogP contribution in [-0.4, -0.2) is 21.7 Å². The minimum Gasteiger partial charge on any atom is -0.467 e. The zero-order valence-corrected chi connectivity index (χ0v) is 16.7. The molecule has 0 radical (unpaired) electrons. The average molecular weight is 413 g/mol. The third kappa shape index (κ3) is 3.84. The second-order valence-corrected chi connectivity index (χ2v) is 7.93. The van der Waals surface area contributed by atoms with Crippen LogP contribution in [0.2, 0.25) is 0 Å². The molecule has 4 rings (SSSR count). The Bertz CT molecular complexity index is 1340. The maximum atomic E-state index is 13.9. The van der Waals surface area contributed by atoms with Crippen LogP contribution in [0.3, 0.4) is 0 Å². The van der Waals surface area contributed by atoms with Gasteiger partial charge >= 0.3 is 0 Å². The number of rotatable bonds is 2. The topological polar surface area (TPSA) is 110 Å². The van der Waals surface area contributed by atoms with Gasteiger partial charge < -0.3 is 23.9 Å². The third-order valence-corrected chi connectivity index (χ3v) is 4.55. The van der Waals surface area contributed by atoms with E-state index in [-0.39, 0.29) is 29.5 Å². The number of oxazole rings is 1. The van der Waals surface area contributed by atoms with E-state index in [9.17, 15) is 14.0 Å². The van der Waals surface area contributed by atoms with Crippen LogP contribution in [0.25, 0.3) is 12.2 Å². The summed E-state index contributed by atoms with van der Waals surface area (Å²) >= 11 is 0. The molecule has 0 aliphatic carbocycles. The fraction of sp³-hybridized carbons (Fsp3) is 0.286. The first-order valence-corrected chi connectivity index (χ1v) is 9.25. The Morgan fingerprint density at radius 1 is 1.10 bits per heavy atom. The number of ether oxygens (including phenoxy) is 2. The molecule has 3 heterocycles. The molecule has 156 valence electrons. The van der Waals surface area contributed by atoms with E-state index in [1.54, 1.807) is 0 Å². The molecule has 3 aromatic rings. The van der Waals surface area contributed by atoms with Gasteiger partial charge in [0.05, 0.1) is 6.61 Å².